The van der Waals surface area contributed by atoms with Gasteiger partial charge in [0, 0.05) is 13.6 Å². The third-order valence-corrected chi connectivity index (χ3v) is 2.51. The van der Waals surface area contributed by atoms with Crippen LogP contribution in [0.2, 0.25) is 0 Å². The Morgan fingerprint density at radius 3 is 2.67 bits per heavy atom. The first-order valence-corrected chi connectivity index (χ1v) is 5.56. The predicted molar refractivity (Wildman–Crippen MR) is 65.8 cm³/mol. The van der Waals surface area contributed by atoms with E-state index >= 15 is 0 Å². The van der Waals surface area contributed by atoms with Crippen LogP contribution in [0.25, 0.3) is 0 Å². The zero-order chi connectivity index (χ0) is 13.0. The fourth-order valence-electron chi connectivity index (χ4n) is 1.52. The van der Waals surface area contributed by atoms with E-state index in [9.17, 15) is 9.59 Å². The maximum atomic E-state index is 11.6. The van der Waals surface area contributed by atoms with E-state index in [0.717, 1.165) is 10.2 Å². The SMILES string of the molecule is Cn1cnn(CC(=O)NCc2ccccc2)c1=O. The number of rotatable bonds is 4. The lowest BCUT2D eigenvalue weighted by atomic mass is 10.2. The lowest BCUT2D eigenvalue weighted by Crippen LogP contribution is -2.32. The Labute approximate surface area is 104 Å². The normalized spacial score (nSPS) is 10.3. The van der Waals surface area contributed by atoms with Gasteiger partial charge in [-0.2, -0.15) is 5.10 Å². The molecule has 0 bridgehead atoms. The molecule has 1 aromatic carbocycles. The van der Waals surface area contributed by atoms with Crippen LogP contribution in [0.1, 0.15) is 5.56 Å². The number of hydrogen-bond acceptors (Lipinski definition) is 3. The molecule has 0 aliphatic carbocycles. The highest BCUT2D eigenvalue weighted by atomic mass is 16.2. The summed E-state index contributed by atoms with van der Waals surface area (Å²) in [6.07, 6.45) is 1.38. The van der Waals surface area contributed by atoms with Gasteiger partial charge in [0.05, 0.1) is 0 Å². The monoisotopic (exact) mass is 246 g/mol. The average molecular weight is 246 g/mol. The van der Waals surface area contributed by atoms with E-state index in [0.29, 0.717) is 6.54 Å². The fourth-order valence-corrected chi connectivity index (χ4v) is 1.52. The van der Waals surface area contributed by atoms with Crippen LogP contribution in [0.5, 0.6) is 0 Å². The third-order valence-electron chi connectivity index (χ3n) is 2.51. The van der Waals surface area contributed by atoms with Crippen LogP contribution in [0, 0.1) is 0 Å². The van der Waals surface area contributed by atoms with Crippen molar-refractivity contribution >= 4 is 5.91 Å². The zero-order valence-electron chi connectivity index (χ0n) is 10.0. The fraction of sp³-hybridized carbons (Fsp3) is 0.250. The molecule has 0 unspecified atom stereocenters. The lowest BCUT2D eigenvalue weighted by molar-refractivity contribution is -0.122. The number of nitrogens with one attached hydrogen (secondary N) is 1. The number of carbonyl (C=O) groups is 1. The number of aryl methyl sites for hydroxylation is 1. The summed E-state index contributed by atoms with van der Waals surface area (Å²) < 4.78 is 2.45. The first-order chi connectivity index (χ1) is 8.66. The molecule has 2 aromatic rings. The van der Waals surface area contributed by atoms with Crippen LogP contribution in [-0.2, 0) is 24.9 Å². The minimum absolute atomic E-state index is 0.0630. The summed E-state index contributed by atoms with van der Waals surface area (Å²) in [7, 11) is 1.59. The van der Waals surface area contributed by atoms with Gasteiger partial charge in [0.1, 0.15) is 12.9 Å². The standard InChI is InChI=1S/C12H14N4O2/c1-15-9-14-16(12(15)18)8-11(17)13-7-10-5-3-2-4-6-10/h2-6,9H,7-8H2,1H3,(H,13,17). The minimum Gasteiger partial charge on any atom is -0.350 e. The summed E-state index contributed by atoms with van der Waals surface area (Å²) in [6.45, 7) is 0.383. The van der Waals surface area contributed by atoms with Gasteiger partial charge in [-0.15, -0.1) is 0 Å². The first kappa shape index (κ1) is 12.1. The Morgan fingerprint density at radius 2 is 2.06 bits per heavy atom. The number of benzene rings is 1. The maximum Gasteiger partial charge on any atom is 0.345 e. The number of nitrogens with zero attached hydrogens (tertiary/aromatic N) is 3. The molecule has 6 heteroatoms. The van der Waals surface area contributed by atoms with Crippen molar-refractivity contribution in [3.05, 3.63) is 52.7 Å². The molecular formula is C12H14N4O2. The highest BCUT2D eigenvalue weighted by Gasteiger charge is 2.07. The van der Waals surface area contributed by atoms with Crippen LogP contribution in [0.3, 0.4) is 0 Å². The highest BCUT2D eigenvalue weighted by molar-refractivity contribution is 5.75. The highest BCUT2D eigenvalue weighted by Crippen LogP contribution is 1.96. The number of amides is 1. The molecule has 1 N–H and O–H groups in total. The second-order valence-electron chi connectivity index (χ2n) is 3.94. The number of aromatic nitrogens is 3. The van der Waals surface area contributed by atoms with E-state index in [4.69, 9.17) is 0 Å². The molecule has 0 aliphatic rings. The zero-order valence-corrected chi connectivity index (χ0v) is 10.0. The van der Waals surface area contributed by atoms with Crippen LogP contribution >= 0.6 is 0 Å². The molecule has 1 aromatic heterocycles. The number of carbonyl (C=O) groups excluding carboxylic acids is 1. The van der Waals surface area contributed by atoms with Crippen LogP contribution in [-0.4, -0.2) is 20.3 Å². The second kappa shape index (κ2) is 5.31. The lowest BCUT2D eigenvalue weighted by Gasteiger charge is -2.04. The molecular weight excluding hydrogens is 232 g/mol. The molecule has 0 aliphatic heterocycles. The molecule has 2 rings (SSSR count). The van der Waals surface area contributed by atoms with Crippen molar-refractivity contribution in [2.75, 3.05) is 0 Å². The second-order valence-corrected chi connectivity index (χ2v) is 3.94. The summed E-state index contributed by atoms with van der Waals surface area (Å²) in [5, 5.41) is 6.55. The van der Waals surface area contributed by atoms with E-state index < -0.39 is 0 Å². The minimum atomic E-state index is -0.301. The quantitative estimate of drug-likeness (QED) is 0.819. The van der Waals surface area contributed by atoms with Crippen molar-refractivity contribution in [2.45, 2.75) is 13.1 Å². The van der Waals surface area contributed by atoms with E-state index in [1.165, 1.54) is 10.9 Å². The van der Waals surface area contributed by atoms with Crippen LogP contribution in [0.4, 0.5) is 0 Å². The Kier molecular flexibility index (Phi) is 3.57. The van der Waals surface area contributed by atoms with Gasteiger partial charge in [0.2, 0.25) is 5.91 Å². The van der Waals surface area contributed by atoms with Crippen molar-refractivity contribution in [2.24, 2.45) is 7.05 Å². The molecule has 0 saturated carbocycles. The average Bonchev–Trinajstić information content (AvgIpc) is 2.70. The van der Waals surface area contributed by atoms with E-state index in [1.54, 1.807) is 7.05 Å². The predicted octanol–water partition coefficient (Wildman–Crippen LogP) is -0.102. The molecule has 1 amide bonds. The third kappa shape index (κ3) is 2.85. The Balaban J connectivity index is 1.90. The van der Waals surface area contributed by atoms with Gasteiger partial charge < -0.3 is 5.32 Å². The van der Waals surface area contributed by atoms with Gasteiger partial charge in [-0.05, 0) is 5.56 Å². The van der Waals surface area contributed by atoms with Gasteiger partial charge in [-0.25, -0.2) is 9.48 Å². The Hall–Kier alpha value is -2.37. The molecule has 6 nitrogen and oxygen atoms in total. The molecule has 94 valence electrons. The van der Waals surface area contributed by atoms with Crippen molar-refractivity contribution in [1.29, 1.82) is 0 Å². The molecule has 0 fully saturated rings. The van der Waals surface area contributed by atoms with E-state index in [-0.39, 0.29) is 18.1 Å². The van der Waals surface area contributed by atoms with Crippen LogP contribution in [0.15, 0.2) is 41.5 Å². The smallest absolute Gasteiger partial charge is 0.345 e. The van der Waals surface area contributed by atoms with Crippen LogP contribution < -0.4 is 11.0 Å². The summed E-state index contributed by atoms with van der Waals surface area (Å²) in [6, 6.07) is 9.58. The topological polar surface area (TPSA) is 68.9 Å². The van der Waals surface area contributed by atoms with E-state index in [2.05, 4.69) is 10.4 Å². The van der Waals surface area contributed by atoms with Crippen molar-refractivity contribution in [3.8, 4) is 0 Å². The number of hydrogen-bond donors (Lipinski definition) is 1. The maximum absolute atomic E-state index is 11.6. The largest absolute Gasteiger partial charge is 0.350 e. The van der Waals surface area contributed by atoms with Crippen molar-refractivity contribution in [3.63, 3.8) is 0 Å². The molecule has 0 atom stereocenters. The molecule has 0 radical (unpaired) electrons. The molecule has 18 heavy (non-hydrogen) atoms. The van der Waals surface area contributed by atoms with Gasteiger partial charge in [0.25, 0.3) is 0 Å². The van der Waals surface area contributed by atoms with Gasteiger partial charge in [-0.3, -0.25) is 9.36 Å². The van der Waals surface area contributed by atoms with Gasteiger partial charge >= 0.3 is 5.69 Å². The first-order valence-electron chi connectivity index (χ1n) is 5.56. The Morgan fingerprint density at radius 1 is 1.33 bits per heavy atom. The van der Waals surface area contributed by atoms with Crippen molar-refractivity contribution < 1.29 is 4.79 Å². The van der Waals surface area contributed by atoms with E-state index in [1.807, 2.05) is 30.3 Å². The molecule has 1 heterocycles. The summed E-state index contributed by atoms with van der Waals surface area (Å²) >= 11 is 0. The van der Waals surface area contributed by atoms with Gasteiger partial charge in [0.15, 0.2) is 0 Å². The summed E-state index contributed by atoms with van der Waals surface area (Å²) in [5.41, 5.74) is 0.712. The molecule has 0 spiro atoms. The molecule has 0 saturated heterocycles. The summed E-state index contributed by atoms with van der Waals surface area (Å²) in [5.74, 6) is -0.236. The van der Waals surface area contributed by atoms with Crippen molar-refractivity contribution in [1.82, 2.24) is 19.7 Å². The summed E-state index contributed by atoms with van der Waals surface area (Å²) in [4.78, 5) is 23.1. The Bertz CT molecular complexity index is 586. The van der Waals surface area contributed by atoms with Gasteiger partial charge in [-0.1, -0.05) is 30.3 Å².